The molecule has 1 amide bonds. The number of hydrogen-bond acceptors (Lipinski definition) is 6. The average molecular weight is 509 g/mol. The summed E-state index contributed by atoms with van der Waals surface area (Å²) in [6, 6.07) is 18.7. The van der Waals surface area contributed by atoms with Crippen LogP contribution in [-0.2, 0) is 16.7 Å². The van der Waals surface area contributed by atoms with E-state index in [4.69, 9.17) is 9.57 Å². The summed E-state index contributed by atoms with van der Waals surface area (Å²) >= 11 is 0. The molecular weight excluding hydrogens is 476 g/mol. The Kier molecular flexibility index (Phi) is 5.44. The lowest BCUT2D eigenvalue weighted by molar-refractivity contribution is 0.0989. The molecule has 3 aromatic rings. The van der Waals surface area contributed by atoms with E-state index in [1.54, 1.807) is 5.06 Å². The van der Waals surface area contributed by atoms with Crippen LogP contribution in [0.25, 0.3) is 11.1 Å². The van der Waals surface area contributed by atoms with Crippen molar-refractivity contribution in [2.75, 3.05) is 42.9 Å². The highest BCUT2D eigenvalue weighted by atomic mass is 16.7. The molecule has 1 spiro atoms. The van der Waals surface area contributed by atoms with Crippen LogP contribution in [0.15, 0.2) is 59.6 Å². The van der Waals surface area contributed by atoms with E-state index >= 15 is 0 Å². The van der Waals surface area contributed by atoms with E-state index in [1.165, 1.54) is 11.1 Å². The number of ether oxygens (including phenoxy) is 1. The van der Waals surface area contributed by atoms with Gasteiger partial charge in [0, 0.05) is 35.7 Å². The Morgan fingerprint density at radius 2 is 1.84 bits per heavy atom. The van der Waals surface area contributed by atoms with Gasteiger partial charge in [-0.2, -0.15) is 5.06 Å². The molecule has 0 saturated carbocycles. The van der Waals surface area contributed by atoms with Crippen LogP contribution in [0.1, 0.15) is 46.8 Å². The summed E-state index contributed by atoms with van der Waals surface area (Å²) in [5, 5.41) is 5.26. The largest absolute Gasteiger partial charge is 0.492 e. The van der Waals surface area contributed by atoms with Gasteiger partial charge in [-0.3, -0.25) is 4.79 Å². The van der Waals surface area contributed by atoms with Crippen LogP contribution in [0.3, 0.4) is 0 Å². The molecule has 0 atom stereocenters. The minimum absolute atomic E-state index is 0.0575. The summed E-state index contributed by atoms with van der Waals surface area (Å²) in [7, 11) is 0. The number of aliphatic imine (C=N–C) groups is 1. The molecule has 194 valence electrons. The molecule has 7 rings (SSSR count). The normalized spacial score (nSPS) is 19.2. The Morgan fingerprint density at radius 3 is 2.58 bits per heavy atom. The van der Waals surface area contributed by atoms with Crippen LogP contribution >= 0.6 is 0 Å². The van der Waals surface area contributed by atoms with Crippen molar-refractivity contribution < 1.29 is 14.4 Å². The smallest absolute Gasteiger partial charge is 0.258 e. The highest BCUT2D eigenvalue weighted by Gasteiger charge is 2.43. The maximum Gasteiger partial charge on any atom is 0.258 e. The molecule has 7 nitrogen and oxygen atoms in total. The highest BCUT2D eigenvalue weighted by Crippen LogP contribution is 2.48. The standard InChI is InChI=1S/C31H32N4O3/c1-20-15-25(35-19-33-21(2)38-35)7-8-26(20)22-3-5-23(6-4-22)30(36)34-14-9-24-16-29-27(17-28(24)34)31(18-37-29)10-12-32-13-11-31/h3-8,15-17,32H,9-14,18-19H2,1-2H3. The Morgan fingerprint density at radius 1 is 1.03 bits per heavy atom. The van der Waals surface area contributed by atoms with E-state index in [1.807, 2.05) is 42.2 Å². The predicted octanol–water partition coefficient (Wildman–Crippen LogP) is 5.01. The van der Waals surface area contributed by atoms with Crippen molar-refractivity contribution >= 4 is 23.2 Å². The lowest BCUT2D eigenvalue weighted by Gasteiger charge is -2.33. The molecule has 1 N–H and O–H groups in total. The van der Waals surface area contributed by atoms with Crippen molar-refractivity contribution in [1.82, 2.24) is 5.32 Å². The minimum atomic E-state index is 0.0575. The lowest BCUT2D eigenvalue weighted by Crippen LogP contribution is -2.41. The van der Waals surface area contributed by atoms with Crippen LogP contribution < -0.4 is 20.0 Å². The van der Waals surface area contributed by atoms with Gasteiger partial charge >= 0.3 is 0 Å². The number of nitrogens with one attached hydrogen (secondary N) is 1. The molecule has 4 heterocycles. The van der Waals surface area contributed by atoms with E-state index in [9.17, 15) is 4.79 Å². The van der Waals surface area contributed by atoms with E-state index in [0.717, 1.165) is 72.8 Å². The molecule has 0 aliphatic carbocycles. The number of rotatable bonds is 3. The highest BCUT2D eigenvalue weighted by molar-refractivity contribution is 6.07. The molecule has 0 unspecified atom stereocenters. The van der Waals surface area contributed by atoms with Crippen LogP contribution in [0.2, 0.25) is 0 Å². The third-order valence-electron chi connectivity index (χ3n) is 8.56. The summed E-state index contributed by atoms with van der Waals surface area (Å²) < 4.78 is 6.16. The Balaban J connectivity index is 1.12. The van der Waals surface area contributed by atoms with E-state index in [0.29, 0.717) is 24.7 Å². The van der Waals surface area contributed by atoms with Crippen molar-refractivity contribution in [3.63, 3.8) is 0 Å². The second kappa shape index (κ2) is 8.88. The molecular formula is C31H32N4O3. The quantitative estimate of drug-likeness (QED) is 0.539. The van der Waals surface area contributed by atoms with Gasteiger partial charge in [-0.25, -0.2) is 4.99 Å². The number of benzene rings is 3. The van der Waals surface area contributed by atoms with Crippen molar-refractivity contribution in [3.8, 4) is 16.9 Å². The van der Waals surface area contributed by atoms with Crippen molar-refractivity contribution in [1.29, 1.82) is 0 Å². The molecule has 0 radical (unpaired) electrons. The van der Waals surface area contributed by atoms with Gasteiger partial charge in [0.15, 0.2) is 0 Å². The summed E-state index contributed by atoms with van der Waals surface area (Å²) in [6.45, 7) is 7.94. The monoisotopic (exact) mass is 508 g/mol. The van der Waals surface area contributed by atoms with Gasteiger partial charge in [-0.15, -0.1) is 0 Å². The summed E-state index contributed by atoms with van der Waals surface area (Å²) in [5.74, 6) is 1.75. The van der Waals surface area contributed by atoms with Gasteiger partial charge in [0.1, 0.15) is 12.4 Å². The molecule has 1 saturated heterocycles. The van der Waals surface area contributed by atoms with Gasteiger partial charge in [0.25, 0.3) is 5.91 Å². The third-order valence-corrected chi connectivity index (χ3v) is 8.56. The summed E-state index contributed by atoms with van der Waals surface area (Å²) in [4.78, 5) is 25.6. The van der Waals surface area contributed by atoms with E-state index in [-0.39, 0.29) is 11.3 Å². The van der Waals surface area contributed by atoms with Crippen LogP contribution in [0, 0.1) is 6.92 Å². The third kappa shape index (κ3) is 3.76. The first kappa shape index (κ1) is 23.3. The number of hydroxylamine groups is 1. The van der Waals surface area contributed by atoms with Crippen molar-refractivity contribution in [2.24, 2.45) is 4.99 Å². The number of carbonyl (C=O) groups excluding carboxylic acids is 1. The molecule has 4 aliphatic heterocycles. The topological polar surface area (TPSA) is 66.4 Å². The SMILES string of the molecule is CC1=NCN(c2ccc(-c3ccc(C(=O)N4CCc5cc6c(cc54)C4(CCNCC4)CO6)cc3)c(C)c2)O1. The Bertz CT molecular complexity index is 1460. The number of carbonyl (C=O) groups is 1. The van der Waals surface area contributed by atoms with Gasteiger partial charge in [0.2, 0.25) is 5.90 Å². The van der Waals surface area contributed by atoms with Gasteiger partial charge < -0.3 is 19.8 Å². The molecule has 38 heavy (non-hydrogen) atoms. The molecule has 0 aromatic heterocycles. The number of aryl methyl sites for hydroxylation is 1. The van der Waals surface area contributed by atoms with Gasteiger partial charge in [0.05, 0.1) is 12.3 Å². The minimum Gasteiger partial charge on any atom is -0.492 e. The second-order valence-corrected chi connectivity index (χ2v) is 10.9. The molecule has 1 fully saturated rings. The molecule has 3 aromatic carbocycles. The summed E-state index contributed by atoms with van der Waals surface area (Å²) in [6.07, 6.45) is 3.02. The molecule has 7 heteroatoms. The fraction of sp³-hybridized carbons (Fsp3) is 0.355. The fourth-order valence-corrected chi connectivity index (χ4v) is 6.36. The zero-order valence-corrected chi connectivity index (χ0v) is 21.9. The summed E-state index contributed by atoms with van der Waals surface area (Å²) in [5.41, 5.74) is 8.68. The first-order valence-electron chi connectivity index (χ1n) is 13.5. The number of piperidine rings is 1. The van der Waals surface area contributed by atoms with Gasteiger partial charge in [-0.1, -0.05) is 18.2 Å². The molecule has 4 aliphatic rings. The predicted molar refractivity (Wildman–Crippen MR) is 149 cm³/mol. The number of nitrogens with zero attached hydrogens (tertiary/aromatic N) is 3. The maximum absolute atomic E-state index is 13.7. The first-order chi connectivity index (χ1) is 18.5. The Hall–Kier alpha value is -3.84. The zero-order valence-electron chi connectivity index (χ0n) is 21.9. The van der Waals surface area contributed by atoms with Crippen molar-refractivity contribution in [2.45, 2.75) is 38.5 Å². The van der Waals surface area contributed by atoms with Crippen molar-refractivity contribution in [3.05, 3.63) is 76.9 Å². The number of hydrogen-bond donors (Lipinski definition) is 1. The molecule has 0 bridgehead atoms. The average Bonchev–Trinajstić information content (AvgIpc) is 3.65. The number of fused-ring (bicyclic) bond motifs is 3. The van der Waals surface area contributed by atoms with Crippen LogP contribution in [-0.4, -0.2) is 44.7 Å². The fourth-order valence-electron chi connectivity index (χ4n) is 6.36. The second-order valence-electron chi connectivity index (χ2n) is 10.9. The lowest BCUT2D eigenvalue weighted by atomic mass is 9.74. The first-order valence-corrected chi connectivity index (χ1v) is 13.5. The zero-order chi connectivity index (χ0) is 25.9. The van der Waals surface area contributed by atoms with E-state index in [2.05, 4.69) is 41.5 Å². The van der Waals surface area contributed by atoms with Gasteiger partial charge in [-0.05, 0) is 97.9 Å². The Labute approximate surface area is 223 Å². The van der Waals surface area contributed by atoms with Crippen LogP contribution in [0.5, 0.6) is 5.75 Å². The number of anilines is 2. The van der Waals surface area contributed by atoms with Crippen LogP contribution in [0.4, 0.5) is 11.4 Å². The van der Waals surface area contributed by atoms with E-state index < -0.39 is 0 Å². The maximum atomic E-state index is 13.7. The number of amides is 1.